The Morgan fingerprint density at radius 1 is 1.73 bits per heavy atom. The lowest BCUT2D eigenvalue weighted by molar-refractivity contribution is -0.137. The van der Waals surface area contributed by atoms with Crippen LogP contribution >= 0.6 is 0 Å². The van der Waals surface area contributed by atoms with Crippen LogP contribution in [0.2, 0.25) is 0 Å². The molecule has 4 heteroatoms. The summed E-state index contributed by atoms with van der Waals surface area (Å²) in [7, 11) is 0. The van der Waals surface area contributed by atoms with Crippen molar-refractivity contribution in [2.45, 2.75) is 6.42 Å². The van der Waals surface area contributed by atoms with Crippen molar-refractivity contribution in [1.29, 1.82) is 5.26 Å². The maximum Gasteiger partial charge on any atom is 0.330 e. The molecule has 0 aliphatic carbocycles. The van der Waals surface area contributed by atoms with E-state index < -0.39 is 5.97 Å². The van der Waals surface area contributed by atoms with Crippen LogP contribution in [0.3, 0.4) is 0 Å². The van der Waals surface area contributed by atoms with Gasteiger partial charge in [0.05, 0.1) is 12.5 Å². The van der Waals surface area contributed by atoms with Crippen LogP contribution in [0, 0.1) is 11.3 Å². The molecule has 2 N–H and O–H groups in total. The molecule has 0 fully saturated rings. The first-order valence-corrected chi connectivity index (χ1v) is 3.21. The molecule has 0 aliphatic rings. The van der Waals surface area contributed by atoms with Gasteiger partial charge in [0.15, 0.2) is 0 Å². The zero-order valence-corrected chi connectivity index (χ0v) is 6.12. The van der Waals surface area contributed by atoms with Crippen molar-refractivity contribution in [1.82, 2.24) is 0 Å². The Kier molecular flexibility index (Phi) is 5.95. The number of ether oxygens (including phenoxy) is 1. The molecule has 0 unspecified atom stereocenters. The molecule has 0 saturated heterocycles. The molecule has 0 aromatic rings. The summed E-state index contributed by atoms with van der Waals surface area (Å²) in [6.07, 6.45) is 2.97. The van der Waals surface area contributed by atoms with E-state index in [2.05, 4.69) is 4.74 Å². The van der Waals surface area contributed by atoms with Crippen molar-refractivity contribution in [3.8, 4) is 6.07 Å². The Balaban J connectivity index is 3.39. The molecule has 0 heterocycles. The molecule has 0 amide bonds. The molecule has 0 aliphatic heterocycles. The van der Waals surface area contributed by atoms with Crippen LogP contribution in [0.1, 0.15) is 6.42 Å². The number of hydrogen-bond donors (Lipinski definition) is 1. The van der Waals surface area contributed by atoms with Crippen molar-refractivity contribution in [3.63, 3.8) is 0 Å². The maximum absolute atomic E-state index is 10.6. The second-order valence-electron chi connectivity index (χ2n) is 1.71. The van der Waals surface area contributed by atoms with E-state index in [4.69, 9.17) is 11.0 Å². The normalized spacial score (nSPS) is 9.45. The predicted octanol–water partition coefficient (Wildman–Crippen LogP) is -0.0418. The zero-order chi connectivity index (χ0) is 8.53. The smallest absolute Gasteiger partial charge is 0.330 e. The molecule has 4 nitrogen and oxygen atoms in total. The second kappa shape index (κ2) is 6.78. The van der Waals surface area contributed by atoms with E-state index in [1.165, 1.54) is 12.2 Å². The first-order chi connectivity index (χ1) is 5.31. The lowest BCUT2D eigenvalue weighted by Gasteiger charge is -1.94. The summed E-state index contributed by atoms with van der Waals surface area (Å²) in [5.41, 5.74) is 5.08. The minimum Gasteiger partial charge on any atom is -0.461 e. The van der Waals surface area contributed by atoms with Gasteiger partial charge in [-0.3, -0.25) is 0 Å². The van der Waals surface area contributed by atoms with Crippen molar-refractivity contribution in [3.05, 3.63) is 12.2 Å². The fourth-order valence-corrected chi connectivity index (χ4v) is 0.410. The standard InChI is InChI=1S/C7H10N2O2/c8-4-1-3-7(10)11-6-2-5-9/h1,3H,2,4,6,8H2. The summed E-state index contributed by atoms with van der Waals surface area (Å²) in [6.45, 7) is 0.456. The molecule has 0 atom stereocenters. The molecule has 0 aromatic heterocycles. The van der Waals surface area contributed by atoms with Gasteiger partial charge >= 0.3 is 5.97 Å². The van der Waals surface area contributed by atoms with Gasteiger partial charge in [-0.05, 0) is 0 Å². The summed E-state index contributed by atoms with van der Waals surface area (Å²) >= 11 is 0. The van der Waals surface area contributed by atoms with Crippen LogP contribution < -0.4 is 5.73 Å². The van der Waals surface area contributed by atoms with E-state index in [-0.39, 0.29) is 13.0 Å². The summed E-state index contributed by atoms with van der Waals surface area (Å²) in [5.74, 6) is -0.453. The Hall–Kier alpha value is -1.34. The Morgan fingerprint density at radius 2 is 2.45 bits per heavy atom. The molecule has 0 spiro atoms. The third kappa shape index (κ3) is 6.55. The van der Waals surface area contributed by atoms with Gasteiger partial charge < -0.3 is 10.5 Å². The van der Waals surface area contributed by atoms with E-state index in [1.54, 1.807) is 0 Å². The summed E-state index contributed by atoms with van der Waals surface area (Å²) < 4.78 is 4.58. The second-order valence-corrected chi connectivity index (χ2v) is 1.71. The van der Waals surface area contributed by atoms with Gasteiger partial charge in [-0.15, -0.1) is 0 Å². The van der Waals surface area contributed by atoms with Crippen molar-refractivity contribution < 1.29 is 9.53 Å². The van der Waals surface area contributed by atoms with Gasteiger partial charge in [0, 0.05) is 12.6 Å². The van der Waals surface area contributed by atoms with Gasteiger partial charge in [-0.25, -0.2) is 4.79 Å². The highest BCUT2D eigenvalue weighted by Crippen LogP contribution is 1.83. The van der Waals surface area contributed by atoms with E-state index in [0.29, 0.717) is 6.54 Å². The fraction of sp³-hybridized carbons (Fsp3) is 0.429. The largest absolute Gasteiger partial charge is 0.461 e. The van der Waals surface area contributed by atoms with Gasteiger partial charge in [0.1, 0.15) is 6.61 Å². The number of nitrogens with two attached hydrogens (primary N) is 1. The lowest BCUT2D eigenvalue weighted by Crippen LogP contribution is -2.03. The molecular weight excluding hydrogens is 144 g/mol. The summed E-state index contributed by atoms with van der Waals surface area (Å²) in [4.78, 5) is 10.6. The molecule has 0 aromatic carbocycles. The van der Waals surface area contributed by atoms with Crippen LogP contribution in [0.15, 0.2) is 12.2 Å². The average molecular weight is 154 g/mol. The van der Waals surface area contributed by atoms with E-state index in [9.17, 15) is 4.79 Å². The highest BCUT2D eigenvalue weighted by atomic mass is 16.5. The summed E-state index contributed by atoms with van der Waals surface area (Å²) in [6, 6.07) is 1.85. The highest BCUT2D eigenvalue weighted by Gasteiger charge is 1.93. The average Bonchev–Trinajstić information content (AvgIpc) is 2.01. The SMILES string of the molecule is N#CCCOC(=O)C=CCN. The molecular formula is C7H10N2O2. The number of rotatable bonds is 4. The number of carbonyl (C=O) groups excluding carboxylic acids is 1. The monoisotopic (exact) mass is 154 g/mol. The molecule has 0 radical (unpaired) electrons. The van der Waals surface area contributed by atoms with Crippen LogP contribution in [0.25, 0.3) is 0 Å². The lowest BCUT2D eigenvalue weighted by atomic mass is 10.5. The fourth-order valence-electron chi connectivity index (χ4n) is 0.410. The number of carbonyl (C=O) groups is 1. The van der Waals surface area contributed by atoms with E-state index >= 15 is 0 Å². The number of hydrogen-bond acceptors (Lipinski definition) is 4. The van der Waals surface area contributed by atoms with E-state index in [0.717, 1.165) is 0 Å². The quantitative estimate of drug-likeness (QED) is 0.350. The molecule has 0 saturated carbocycles. The van der Waals surface area contributed by atoms with Gasteiger partial charge in [-0.2, -0.15) is 5.26 Å². The minimum atomic E-state index is -0.453. The maximum atomic E-state index is 10.6. The van der Waals surface area contributed by atoms with Crippen LogP contribution in [0.5, 0.6) is 0 Å². The third-order valence-electron chi connectivity index (χ3n) is 0.848. The first kappa shape index (κ1) is 9.66. The van der Waals surface area contributed by atoms with Gasteiger partial charge in [0.2, 0.25) is 0 Å². The van der Waals surface area contributed by atoms with Crippen molar-refractivity contribution >= 4 is 5.97 Å². The van der Waals surface area contributed by atoms with E-state index in [1.807, 2.05) is 6.07 Å². The number of nitrogens with zero attached hydrogens (tertiary/aromatic N) is 1. The highest BCUT2D eigenvalue weighted by molar-refractivity contribution is 5.81. The molecule has 0 rings (SSSR count). The predicted molar refractivity (Wildman–Crippen MR) is 39.4 cm³/mol. The number of esters is 1. The Morgan fingerprint density at radius 3 is 3.00 bits per heavy atom. The van der Waals surface area contributed by atoms with Crippen LogP contribution in [-0.2, 0) is 9.53 Å². The Labute approximate surface area is 65.2 Å². The first-order valence-electron chi connectivity index (χ1n) is 3.21. The van der Waals surface area contributed by atoms with Gasteiger partial charge in [-0.1, -0.05) is 6.08 Å². The summed E-state index contributed by atoms with van der Waals surface area (Å²) in [5, 5.41) is 8.08. The molecule has 0 bridgehead atoms. The van der Waals surface area contributed by atoms with Gasteiger partial charge in [0.25, 0.3) is 0 Å². The topological polar surface area (TPSA) is 76.1 Å². The minimum absolute atomic E-state index is 0.143. The molecule has 11 heavy (non-hydrogen) atoms. The zero-order valence-electron chi connectivity index (χ0n) is 6.12. The van der Waals surface area contributed by atoms with Crippen LogP contribution in [0.4, 0.5) is 0 Å². The number of nitriles is 1. The molecule has 60 valence electrons. The van der Waals surface area contributed by atoms with Crippen molar-refractivity contribution in [2.24, 2.45) is 5.73 Å². The Bertz CT molecular complexity index is 181. The third-order valence-corrected chi connectivity index (χ3v) is 0.848. The van der Waals surface area contributed by atoms with Crippen molar-refractivity contribution in [2.75, 3.05) is 13.2 Å². The van der Waals surface area contributed by atoms with Crippen LogP contribution in [-0.4, -0.2) is 19.1 Å².